The van der Waals surface area contributed by atoms with E-state index in [0.29, 0.717) is 5.56 Å². The highest BCUT2D eigenvalue weighted by atomic mass is 79.9. The zero-order valence-corrected chi connectivity index (χ0v) is 13.3. The molecule has 0 radical (unpaired) electrons. The summed E-state index contributed by atoms with van der Waals surface area (Å²) in [5.41, 5.74) is 0.331. The van der Waals surface area contributed by atoms with Crippen LogP contribution in [-0.4, -0.2) is 5.97 Å². The summed E-state index contributed by atoms with van der Waals surface area (Å²) in [6.07, 6.45) is 0. The van der Waals surface area contributed by atoms with Gasteiger partial charge in [-0.25, -0.2) is 9.18 Å². The zero-order valence-electron chi connectivity index (χ0n) is 10.2. The van der Waals surface area contributed by atoms with E-state index in [1.165, 1.54) is 12.1 Å². The molecule has 0 atom stereocenters. The molecule has 20 heavy (non-hydrogen) atoms. The van der Waals surface area contributed by atoms with Crippen LogP contribution in [0.1, 0.15) is 15.9 Å². The Morgan fingerprint density at radius 1 is 1.25 bits per heavy atom. The van der Waals surface area contributed by atoms with E-state index in [1.54, 1.807) is 19.1 Å². The minimum Gasteiger partial charge on any atom is -0.421 e. The summed E-state index contributed by atoms with van der Waals surface area (Å²) in [5.74, 6) is -1.45. The largest absolute Gasteiger partial charge is 0.421 e. The highest BCUT2D eigenvalue weighted by molar-refractivity contribution is 9.10. The standard InChI is InChI=1S/C14H8BrCl2FO2/c1-7-5-8(15)6-10(17)13(7)20-14(19)12-9(16)3-2-4-11(12)18/h2-6H,1H3. The van der Waals surface area contributed by atoms with Crippen LogP contribution in [0.5, 0.6) is 5.75 Å². The lowest BCUT2D eigenvalue weighted by molar-refractivity contribution is 0.0729. The van der Waals surface area contributed by atoms with Gasteiger partial charge in [-0.3, -0.25) is 0 Å². The van der Waals surface area contributed by atoms with Crippen molar-refractivity contribution in [1.29, 1.82) is 0 Å². The van der Waals surface area contributed by atoms with Crippen LogP contribution in [0.3, 0.4) is 0 Å². The molecule has 0 saturated carbocycles. The number of halogens is 4. The monoisotopic (exact) mass is 376 g/mol. The lowest BCUT2D eigenvalue weighted by atomic mass is 10.2. The summed E-state index contributed by atoms with van der Waals surface area (Å²) in [6, 6.07) is 7.28. The van der Waals surface area contributed by atoms with Crippen LogP contribution in [0.15, 0.2) is 34.8 Å². The molecule has 0 saturated heterocycles. The number of ether oxygens (including phenoxy) is 1. The molecule has 0 N–H and O–H groups in total. The second-order valence-corrected chi connectivity index (χ2v) is 5.75. The molecule has 0 fully saturated rings. The van der Waals surface area contributed by atoms with Gasteiger partial charge in [0.15, 0.2) is 5.75 Å². The molecule has 0 aromatic heterocycles. The highest BCUT2D eigenvalue weighted by Gasteiger charge is 2.20. The molecule has 0 aliphatic heterocycles. The van der Waals surface area contributed by atoms with Crippen molar-refractivity contribution < 1.29 is 13.9 Å². The first-order valence-corrected chi connectivity index (χ1v) is 7.07. The molecule has 0 amide bonds. The highest BCUT2D eigenvalue weighted by Crippen LogP contribution is 2.33. The fraction of sp³-hybridized carbons (Fsp3) is 0.0714. The Bertz CT molecular complexity index is 646. The van der Waals surface area contributed by atoms with Gasteiger partial charge in [0.2, 0.25) is 0 Å². The third kappa shape index (κ3) is 3.14. The van der Waals surface area contributed by atoms with Gasteiger partial charge in [-0.15, -0.1) is 0 Å². The number of hydrogen-bond acceptors (Lipinski definition) is 2. The van der Waals surface area contributed by atoms with Crippen LogP contribution in [0.25, 0.3) is 0 Å². The van der Waals surface area contributed by atoms with Gasteiger partial charge < -0.3 is 4.74 Å². The van der Waals surface area contributed by atoms with Gasteiger partial charge in [-0.2, -0.15) is 0 Å². The molecular formula is C14H8BrCl2FO2. The molecule has 0 heterocycles. The van der Waals surface area contributed by atoms with E-state index in [0.717, 1.165) is 10.5 Å². The normalized spacial score (nSPS) is 10.4. The van der Waals surface area contributed by atoms with Crippen molar-refractivity contribution in [1.82, 2.24) is 0 Å². The van der Waals surface area contributed by atoms with Crippen LogP contribution in [0.2, 0.25) is 10.0 Å². The van der Waals surface area contributed by atoms with Crippen LogP contribution < -0.4 is 4.74 Å². The van der Waals surface area contributed by atoms with E-state index in [-0.39, 0.29) is 21.4 Å². The Morgan fingerprint density at radius 3 is 2.55 bits per heavy atom. The maximum absolute atomic E-state index is 13.6. The van der Waals surface area contributed by atoms with E-state index in [2.05, 4.69) is 15.9 Å². The van der Waals surface area contributed by atoms with Crippen LogP contribution in [-0.2, 0) is 0 Å². The second-order valence-electron chi connectivity index (χ2n) is 4.02. The number of benzene rings is 2. The van der Waals surface area contributed by atoms with Crippen molar-refractivity contribution in [3.05, 3.63) is 61.8 Å². The molecular weight excluding hydrogens is 370 g/mol. The maximum atomic E-state index is 13.6. The molecule has 0 unspecified atom stereocenters. The van der Waals surface area contributed by atoms with E-state index in [9.17, 15) is 9.18 Å². The number of hydrogen-bond donors (Lipinski definition) is 0. The van der Waals surface area contributed by atoms with Crippen LogP contribution in [0, 0.1) is 12.7 Å². The van der Waals surface area contributed by atoms with E-state index in [4.69, 9.17) is 27.9 Å². The summed E-state index contributed by atoms with van der Waals surface area (Å²) in [5, 5.41) is 0.235. The fourth-order valence-corrected chi connectivity index (χ4v) is 2.90. The number of carbonyl (C=O) groups is 1. The second kappa shape index (κ2) is 6.12. The third-order valence-electron chi connectivity index (χ3n) is 2.56. The number of rotatable bonds is 2. The maximum Gasteiger partial charge on any atom is 0.348 e. The van der Waals surface area contributed by atoms with Gasteiger partial charge in [0, 0.05) is 4.47 Å². The van der Waals surface area contributed by atoms with Gasteiger partial charge in [0.25, 0.3) is 0 Å². The van der Waals surface area contributed by atoms with Crippen molar-refractivity contribution in [2.75, 3.05) is 0 Å². The van der Waals surface area contributed by atoms with Crippen LogP contribution >= 0.6 is 39.1 Å². The molecule has 0 aliphatic rings. The Balaban J connectivity index is 2.38. The van der Waals surface area contributed by atoms with E-state index < -0.39 is 11.8 Å². The Hall–Kier alpha value is -1.10. The third-order valence-corrected chi connectivity index (χ3v) is 3.61. The molecule has 104 valence electrons. The number of carbonyl (C=O) groups excluding carboxylic acids is 1. The molecule has 2 aromatic carbocycles. The predicted octanol–water partition coefficient (Wildman–Crippen LogP) is 5.42. The van der Waals surface area contributed by atoms with Crippen molar-refractivity contribution in [3.63, 3.8) is 0 Å². The Morgan fingerprint density at radius 2 is 1.95 bits per heavy atom. The average Bonchev–Trinajstić information content (AvgIpc) is 2.33. The number of aryl methyl sites for hydroxylation is 1. The van der Waals surface area contributed by atoms with Crippen molar-refractivity contribution in [2.24, 2.45) is 0 Å². The molecule has 2 aromatic rings. The molecule has 0 spiro atoms. The topological polar surface area (TPSA) is 26.3 Å². The summed E-state index contributed by atoms with van der Waals surface area (Å²) in [7, 11) is 0. The molecule has 2 nitrogen and oxygen atoms in total. The predicted molar refractivity (Wildman–Crippen MR) is 80.3 cm³/mol. The Kier molecular flexibility index (Phi) is 4.68. The van der Waals surface area contributed by atoms with Gasteiger partial charge in [-0.05, 0) is 36.8 Å². The minimum absolute atomic E-state index is 0.0131. The van der Waals surface area contributed by atoms with Gasteiger partial charge in [0.05, 0.1) is 10.0 Å². The molecule has 2 rings (SSSR count). The number of esters is 1. The van der Waals surface area contributed by atoms with Crippen LogP contribution in [0.4, 0.5) is 4.39 Å². The van der Waals surface area contributed by atoms with Gasteiger partial charge in [-0.1, -0.05) is 45.2 Å². The first-order valence-electron chi connectivity index (χ1n) is 5.52. The van der Waals surface area contributed by atoms with E-state index in [1.807, 2.05) is 0 Å². The van der Waals surface area contributed by atoms with Crippen molar-refractivity contribution in [3.8, 4) is 5.75 Å². The van der Waals surface area contributed by atoms with Gasteiger partial charge in [0.1, 0.15) is 11.4 Å². The van der Waals surface area contributed by atoms with Gasteiger partial charge >= 0.3 is 5.97 Å². The summed E-state index contributed by atoms with van der Waals surface area (Å²) >= 11 is 15.1. The SMILES string of the molecule is Cc1cc(Br)cc(Cl)c1OC(=O)c1c(F)cccc1Cl. The average molecular weight is 378 g/mol. The summed E-state index contributed by atoms with van der Waals surface area (Å²) in [6.45, 7) is 1.72. The first kappa shape index (κ1) is 15.3. The van der Waals surface area contributed by atoms with Crippen molar-refractivity contribution >= 4 is 45.1 Å². The lowest BCUT2D eigenvalue weighted by Crippen LogP contribution is -2.12. The quantitative estimate of drug-likeness (QED) is 0.515. The Labute approximate surface area is 133 Å². The first-order chi connectivity index (χ1) is 9.40. The molecule has 6 heteroatoms. The summed E-state index contributed by atoms with van der Waals surface area (Å²) in [4.78, 5) is 12.0. The smallest absolute Gasteiger partial charge is 0.348 e. The zero-order chi connectivity index (χ0) is 14.9. The van der Waals surface area contributed by atoms with Crippen molar-refractivity contribution in [2.45, 2.75) is 6.92 Å². The fourth-order valence-electron chi connectivity index (χ4n) is 1.65. The van der Waals surface area contributed by atoms with E-state index >= 15 is 0 Å². The molecule has 0 bridgehead atoms. The minimum atomic E-state index is -0.888. The lowest BCUT2D eigenvalue weighted by Gasteiger charge is -2.11. The summed E-state index contributed by atoms with van der Waals surface area (Å²) < 4.78 is 19.6. The molecule has 0 aliphatic carbocycles.